The second-order valence-corrected chi connectivity index (χ2v) is 4.20. The summed E-state index contributed by atoms with van der Waals surface area (Å²) in [6.45, 7) is 9.03. The number of aliphatic hydroxyl groups excluding tert-OH is 2. The van der Waals surface area contributed by atoms with Crippen LogP contribution in [0.4, 0.5) is 0 Å². The molecular weight excluding hydrogens is 220 g/mol. The van der Waals surface area contributed by atoms with Crippen molar-refractivity contribution in [3.63, 3.8) is 0 Å². The highest BCUT2D eigenvalue weighted by molar-refractivity contribution is 5.78. The molecule has 0 aliphatic carbocycles. The van der Waals surface area contributed by atoms with Gasteiger partial charge in [-0.05, 0) is 0 Å². The number of hydrogen-bond donors (Lipinski definition) is 2. The Labute approximate surface area is 102 Å². The van der Waals surface area contributed by atoms with Crippen LogP contribution in [-0.4, -0.2) is 70.9 Å². The molecule has 0 spiro atoms. The van der Waals surface area contributed by atoms with E-state index in [1.165, 1.54) is 0 Å². The summed E-state index contributed by atoms with van der Waals surface area (Å²) in [6.07, 6.45) is 1.81. The zero-order valence-electron chi connectivity index (χ0n) is 9.96. The van der Waals surface area contributed by atoms with Crippen LogP contribution in [0.3, 0.4) is 0 Å². The predicted molar refractivity (Wildman–Crippen MR) is 65.4 cm³/mol. The predicted octanol–water partition coefficient (Wildman–Crippen LogP) is -0.776. The third-order valence-corrected chi connectivity index (χ3v) is 2.75. The second kappa shape index (κ2) is 6.54. The summed E-state index contributed by atoms with van der Waals surface area (Å²) in [4.78, 5) is 15.3. The van der Waals surface area contributed by atoms with E-state index in [0.29, 0.717) is 26.2 Å². The van der Waals surface area contributed by atoms with E-state index in [4.69, 9.17) is 0 Å². The molecule has 0 radical (unpaired) electrons. The molecule has 0 aromatic heterocycles. The van der Waals surface area contributed by atoms with Gasteiger partial charge in [0.05, 0.1) is 18.8 Å². The number of rotatable bonds is 6. The maximum Gasteiger partial charge on any atom is 0.237 e. The van der Waals surface area contributed by atoms with E-state index in [0.717, 1.165) is 0 Å². The van der Waals surface area contributed by atoms with Gasteiger partial charge in [-0.25, -0.2) is 0 Å². The van der Waals surface area contributed by atoms with E-state index in [2.05, 4.69) is 13.2 Å². The average molecular weight is 240 g/mol. The molecule has 1 rings (SSSR count). The van der Waals surface area contributed by atoms with E-state index < -0.39 is 12.2 Å². The van der Waals surface area contributed by atoms with Crippen LogP contribution in [0.1, 0.15) is 0 Å². The molecule has 5 heteroatoms. The molecule has 0 unspecified atom stereocenters. The molecule has 17 heavy (non-hydrogen) atoms. The van der Waals surface area contributed by atoms with Gasteiger partial charge >= 0.3 is 0 Å². The molecule has 0 bridgehead atoms. The molecule has 1 fully saturated rings. The lowest BCUT2D eigenvalue weighted by molar-refractivity contribution is -0.131. The van der Waals surface area contributed by atoms with Crippen molar-refractivity contribution in [2.24, 2.45) is 0 Å². The number of carbonyl (C=O) groups excluding carboxylic acids is 1. The topological polar surface area (TPSA) is 64.0 Å². The highest BCUT2D eigenvalue weighted by Gasteiger charge is 2.31. The Morgan fingerprint density at radius 3 is 2.12 bits per heavy atom. The van der Waals surface area contributed by atoms with Crippen molar-refractivity contribution in [3.05, 3.63) is 25.3 Å². The van der Waals surface area contributed by atoms with Crippen molar-refractivity contribution in [3.8, 4) is 0 Å². The molecule has 2 atom stereocenters. The zero-order valence-corrected chi connectivity index (χ0v) is 9.96. The highest BCUT2D eigenvalue weighted by Crippen LogP contribution is 2.09. The molecule has 1 amide bonds. The van der Waals surface area contributed by atoms with Gasteiger partial charge in [-0.2, -0.15) is 0 Å². The van der Waals surface area contributed by atoms with Gasteiger partial charge in [0.15, 0.2) is 0 Å². The first-order valence-electron chi connectivity index (χ1n) is 5.66. The number of β-amino-alcohol motifs (C(OH)–C–C–N with tert-alkyl or cyclic N) is 2. The molecule has 0 saturated carbocycles. The molecule has 1 saturated heterocycles. The van der Waals surface area contributed by atoms with Gasteiger partial charge < -0.3 is 15.1 Å². The Morgan fingerprint density at radius 2 is 1.71 bits per heavy atom. The van der Waals surface area contributed by atoms with E-state index in [-0.39, 0.29) is 12.5 Å². The summed E-state index contributed by atoms with van der Waals surface area (Å²) in [5, 5.41) is 18.8. The van der Waals surface area contributed by atoms with Crippen LogP contribution in [0, 0.1) is 0 Å². The van der Waals surface area contributed by atoms with Crippen molar-refractivity contribution in [1.82, 2.24) is 9.80 Å². The molecular formula is C12H20N2O3. The van der Waals surface area contributed by atoms with E-state index in [1.54, 1.807) is 22.0 Å². The van der Waals surface area contributed by atoms with Crippen molar-refractivity contribution in [1.29, 1.82) is 0 Å². The van der Waals surface area contributed by atoms with Crippen LogP contribution in [0.25, 0.3) is 0 Å². The maximum absolute atomic E-state index is 11.9. The van der Waals surface area contributed by atoms with Crippen LogP contribution < -0.4 is 0 Å². The van der Waals surface area contributed by atoms with Crippen molar-refractivity contribution in [2.75, 3.05) is 32.7 Å². The fraction of sp³-hybridized carbons (Fsp3) is 0.583. The number of likely N-dealkylation sites (tertiary alicyclic amines) is 1. The summed E-state index contributed by atoms with van der Waals surface area (Å²) < 4.78 is 0. The first-order chi connectivity index (χ1) is 8.08. The number of carbonyl (C=O) groups is 1. The van der Waals surface area contributed by atoms with E-state index in [9.17, 15) is 15.0 Å². The van der Waals surface area contributed by atoms with Gasteiger partial charge in [0.2, 0.25) is 5.91 Å². The van der Waals surface area contributed by atoms with E-state index in [1.807, 2.05) is 0 Å². The Hall–Kier alpha value is -1.17. The van der Waals surface area contributed by atoms with Crippen LogP contribution >= 0.6 is 0 Å². The number of aliphatic hydroxyl groups is 2. The van der Waals surface area contributed by atoms with Gasteiger partial charge in [0.1, 0.15) is 0 Å². The minimum Gasteiger partial charge on any atom is -0.389 e. The molecule has 96 valence electrons. The maximum atomic E-state index is 11.9. The number of hydrogen-bond acceptors (Lipinski definition) is 4. The highest BCUT2D eigenvalue weighted by atomic mass is 16.3. The van der Waals surface area contributed by atoms with Crippen molar-refractivity contribution < 1.29 is 15.0 Å². The minimum absolute atomic E-state index is 0.0499. The van der Waals surface area contributed by atoms with Crippen LogP contribution in [0.2, 0.25) is 0 Å². The lowest BCUT2D eigenvalue weighted by Crippen LogP contribution is -2.40. The monoisotopic (exact) mass is 240 g/mol. The van der Waals surface area contributed by atoms with Gasteiger partial charge in [-0.15, -0.1) is 13.2 Å². The fourth-order valence-corrected chi connectivity index (χ4v) is 1.86. The Morgan fingerprint density at radius 1 is 1.24 bits per heavy atom. The summed E-state index contributed by atoms with van der Waals surface area (Å²) in [5.41, 5.74) is 0. The largest absolute Gasteiger partial charge is 0.389 e. The lowest BCUT2D eigenvalue weighted by atomic mass is 10.3. The molecule has 0 aromatic rings. The summed E-state index contributed by atoms with van der Waals surface area (Å²) in [5.74, 6) is -0.0499. The SMILES string of the molecule is C=CCN(CC=C)C(=O)CN1C[C@@H](O)[C@@H](O)C1. The first kappa shape index (κ1) is 13.9. The normalized spacial score (nSPS) is 24.6. The van der Waals surface area contributed by atoms with Crippen LogP contribution in [0.15, 0.2) is 25.3 Å². The Bertz CT molecular complexity index is 273. The summed E-state index contributed by atoms with van der Waals surface area (Å²) in [7, 11) is 0. The van der Waals surface area contributed by atoms with Gasteiger partial charge in [-0.3, -0.25) is 9.69 Å². The lowest BCUT2D eigenvalue weighted by Gasteiger charge is -2.22. The molecule has 1 aliphatic heterocycles. The quantitative estimate of drug-likeness (QED) is 0.598. The molecule has 2 N–H and O–H groups in total. The smallest absolute Gasteiger partial charge is 0.237 e. The van der Waals surface area contributed by atoms with Crippen LogP contribution in [-0.2, 0) is 4.79 Å². The number of amides is 1. The fourth-order valence-electron chi connectivity index (χ4n) is 1.86. The Kier molecular flexibility index (Phi) is 5.34. The van der Waals surface area contributed by atoms with Gasteiger partial charge in [0, 0.05) is 26.2 Å². The van der Waals surface area contributed by atoms with Crippen molar-refractivity contribution in [2.45, 2.75) is 12.2 Å². The first-order valence-corrected chi connectivity index (χ1v) is 5.66. The molecule has 1 heterocycles. The summed E-state index contributed by atoms with van der Waals surface area (Å²) >= 11 is 0. The zero-order chi connectivity index (χ0) is 12.8. The Balaban J connectivity index is 2.46. The third-order valence-electron chi connectivity index (χ3n) is 2.75. The third kappa shape index (κ3) is 3.96. The molecule has 0 aromatic carbocycles. The minimum atomic E-state index is -0.755. The van der Waals surface area contributed by atoms with Gasteiger partial charge in [0.25, 0.3) is 0 Å². The summed E-state index contributed by atoms with van der Waals surface area (Å²) in [6, 6.07) is 0. The molecule has 1 aliphatic rings. The second-order valence-electron chi connectivity index (χ2n) is 4.20. The van der Waals surface area contributed by atoms with Crippen molar-refractivity contribution >= 4 is 5.91 Å². The van der Waals surface area contributed by atoms with Gasteiger partial charge in [-0.1, -0.05) is 12.2 Å². The molecule has 5 nitrogen and oxygen atoms in total. The average Bonchev–Trinajstić information content (AvgIpc) is 2.57. The standard InChI is InChI=1S/C12H20N2O3/c1-3-5-14(6-4-2)12(17)9-13-7-10(15)11(16)8-13/h3-4,10-11,15-16H,1-2,5-9H2/t10-,11+. The number of nitrogens with zero attached hydrogens (tertiary/aromatic N) is 2. The van der Waals surface area contributed by atoms with Crippen LogP contribution in [0.5, 0.6) is 0 Å². The van der Waals surface area contributed by atoms with E-state index >= 15 is 0 Å².